The van der Waals surface area contributed by atoms with Gasteiger partial charge in [-0.1, -0.05) is 81.1 Å². The maximum atomic E-state index is 13.7. The first-order chi connectivity index (χ1) is 16.2. The molecule has 0 saturated carbocycles. The second-order valence-electron chi connectivity index (χ2n) is 10.4. The van der Waals surface area contributed by atoms with E-state index < -0.39 is 12.1 Å². The van der Waals surface area contributed by atoms with Crippen LogP contribution in [0.3, 0.4) is 0 Å². The minimum atomic E-state index is -0.648. The molecule has 0 rings (SSSR count). The molecule has 0 aliphatic carbocycles. The molecule has 0 N–H and O–H groups in total. The molecule has 0 bridgehead atoms. The van der Waals surface area contributed by atoms with Crippen molar-refractivity contribution in [3.05, 3.63) is 0 Å². The summed E-state index contributed by atoms with van der Waals surface area (Å²) in [4.78, 5) is 31.7. The lowest BCUT2D eigenvalue weighted by Crippen LogP contribution is -2.60. The van der Waals surface area contributed by atoms with Crippen LogP contribution in [0.25, 0.3) is 0 Å². The lowest BCUT2D eigenvalue weighted by molar-refractivity contribution is -0.166. The number of carbonyl (C=O) groups is 2. The Morgan fingerprint density at radius 1 is 0.559 bits per heavy atom. The van der Waals surface area contributed by atoms with E-state index in [-0.39, 0.29) is 23.8 Å². The third kappa shape index (κ3) is 13.7. The maximum absolute atomic E-state index is 13.7. The van der Waals surface area contributed by atoms with Crippen molar-refractivity contribution in [2.24, 2.45) is 11.8 Å². The first-order valence-corrected chi connectivity index (χ1v) is 14.0. The van der Waals surface area contributed by atoms with Crippen molar-refractivity contribution in [2.45, 2.75) is 119 Å². The molecule has 0 saturated heterocycles. The van der Waals surface area contributed by atoms with Crippen molar-refractivity contribution in [1.29, 1.82) is 0 Å². The zero-order valence-corrected chi connectivity index (χ0v) is 23.7. The summed E-state index contributed by atoms with van der Waals surface area (Å²) in [5, 5.41) is 0. The van der Waals surface area contributed by atoms with Gasteiger partial charge in [0.15, 0.2) is 0 Å². The van der Waals surface area contributed by atoms with Crippen LogP contribution < -0.4 is 0 Å². The van der Waals surface area contributed by atoms with E-state index >= 15 is 0 Å². The lowest BCUT2D eigenvalue weighted by atomic mass is 10.0. The zero-order chi connectivity index (χ0) is 25.9. The summed E-state index contributed by atoms with van der Waals surface area (Å²) in [5.74, 6) is -0.0882. The number of esters is 2. The maximum Gasteiger partial charge on any atom is 0.325 e. The zero-order valence-electron chi connectivity index (χ0n) is 23.7. The molecule has 0 amide bonds. The minimum absolute atomic E-state index is 0.243. The van der Waals surface area contributed by atoms with Gasteiger partial charge in [-0.15, -0.1) is 0 Å². The van der Waals surface area contributed by atoms with E-state index in [1.54, 1.807) is 0 Å². The molecular weight excluding hydrogens is 428 g/mol. The van der Waals surface area contributed by atoms with Crippen LogP contribution in [0.2, 0.25) is 0 Å². The molecule has 0 fully saturated rings. The van der Waals surface area contributed by atoms with Crippen LogP contribution in [-0.4, -0.2) is 73.2 Å². The van der Waals surface area contributed by atoms with E-state index in [1.807, 2.05) is 27.7 Å². The fraction of sp³-hybridized carbons (Fsp3) is 0.929. The number of rotatable bonds is 21. The van der Waals surface area contributed by atoms with Gasteiger partial charge in [0.05, 0.1) is 13.2 Å². The van der Waals surface area contributed by atoms with Gasteiger partial charge in [0.2, 0.25) is 0 Å². The molecule has 202 valence electrons. The molecule has 6 heteroatoms. The summed E-state index contributed by atoms with van der Waals surface area (Å²) < 4.78 is 11.6. The Labute approximate surface area is 211 Å². The fourth-order valence-electron chi connectivity index (χ4n) is 3.85. The van der Waals surface area contributed by atoms with E-state index in [1.165, 1.54) is 0 Å². The minimum Gasteiger partial charge on any atom is -0.464 e. The normalized spacial score (nSPS) is 13.6. The molecule has 0 heterocycles. The molecule has 2 atom stereocenters. The number of carbonyl (C=O) groups excluding carboxylic acids is 2. The molecule has 0 aromatic heterocycles. The molecule has 0 spiro atoms. The third-order valence-electron chi connectivity index (χ3n) is 5.88. The van der Waals surface area contributed by atoms with Gasteiger partial charge in [0, 0.05) is 0 Å². The van der Waals surface area contributed by atoms with E-state index in [0.717, 1.165) is 77.5 Å². The Morgan fingerprint density at radius 2 is 0.824 bits per heavy atom. The van der Waals surface area contributed by atoms with E-state index in [2.05, 4.69) is 37.5 Å². The summed E-state index contributed by atoms with van der Waals surface area (Å²) in [6, 6.07) is -1.30. The predicted octanol–water partition coefficient (Wildman–Crippen LogP) is 5.93. The van der Waals surface area contributed by atoms with Gasteiger partial charge < -0.3 is 9.47 Å². The smallest absolute Gasteiger partial charge is 0.325 e. The monoisotopic (exact) mass is 484 g/mol. The van der Waals surface area contributed by atoms with Crippen molar-refractivity contribution < 1.29 is 19.1 Å². The lowest BCUT2D eigenvalue weighted by Gasteiger charge is -2.40. The molecule has 0 aliphatic heterocycles. The molecule has 0 aromatic carbocycles. The first kappa shape index (κ1) is 32.9. The van der Waals surface area contributed by atoms with E-state index in [0.29, 0.717) is 13.2 Å². The van der Waals surface area contributed by atoms with Crippen molar-refractivity contribution in [1.82, 2.24) is 9.80 Å². The van der Waals surface area contributed by atoms with Gasteiger partial charge in [0.1, 0.15) is 12.1 Å². The van der Waals surface area contributed by atoms with Crippen LogP contribution in [0.4, 0.5) is 0 Å². The third-order valence-corrected chi connectivity index (χ3v) is 5.88. The average Bonchev–Trinajstić information content (AvgIpc) is 2.80. The molecule has 2 unspecified atom stereocenters. The summed E-state index contributed by atoms with van der Waals surface area (Å²) in [5.41, 5.74) is 0. The topological polar surface area (TPSA) is 59.1 Å². The highest BCUT2D eigenvalue weighted by Crippen LogP contribution is 2.20. The van der Waals surface area contributed by atoms with Crippen LogP contribution in [0, 0.1) is 11.8 Å². The highest BCUT2D eigenvalue weighted by molar-refractivity contribution is 5.87. The largest absolute Gasteiger partial charge is 0.464 e. The Kier molecular flexibility index (Phi) is 19.4. The summed E-state index contributed by atoms with van der Waals surface area (Å²) in [7, 11) is 0. The molecule has 34 heavy (non-hydrogen) atoms. The van der Waals surface area contributed by atoms with Gasteiger partial charge in [0.25, 0.3) is 0 Å². The Balaban J connectivity index is 6.37. The number of hydrogen-bond acceptors (Lipinski definition) is 6. The molecule has 6 nitrogen and oxygen atoms in total. The highest BCUT2D eigenvalue weighted by Gasteiger charge is 2.43. The number of unbranched alkanes of at least 4 members (excludes halogenated alkanes) is 4. The van der Waals surface area contributed by atoms with Crippen LogP contribution in [0.15, 0.2) is 0 Å². The van der Waals surface area contributed by atoms with Gasteiger partial charge in [-0.25, -0.2) is 0 Å². The average molecular weight is 485 g/mol. The number of ether oxygens (including phenoxy) is 2. The Hall–Kier alpha value is -1.14. The quantitative estimate of drug-likeness (QED) is 0.188. The van der Waals surface area contributed by atoms with Crippen molar-refractivity contribution in [3.63, 3.8) is 0 Å². The summed E-state index contributed by atoms with van der Waals surface area (Å²) >= 11 is 0. The van der Waals surface area contributed by atoms with Crippen LogP contribution in [0.5, 0.6) is 0 Å². The standard InChI is InChI=1S/C28H56N2O4/c1-9-13-17-29(18-14-10-2)25(27(31)33-21-23(5)6)26(28(32)34-22-24(7)8)30(19-15-11-3)20-16-12-4/h23-26H,9-22H2,1-8H3. The van der Waals surface area contributed by atoms with Crippen molar-refractivity contribution in [3.8, 4) is 0 Å². The van der Waals surface area contributed by atoms with Gasteiger partial charge >= 0.3 is 11.9 Å². The van der Waals surface area contributed by atoms with Gasteiger partial charge in [-0.2, -0.15) is 0 Å². The molecule has 0 aliphatic rings. The van der Waals surface area contributed by atoms with Crippen LogP contribution >= 0.6 is 0 Å². The molecular formula is C28H56N2O4. The fourth-order valence-corrected chi connectivity index (χ4v) is 3.85. The second kappa shape index (κ2) is 20.1. The molecule has 0 aromatic rings. The van der Waals surface area contributed by atoms with E-state index in [4.69, 9.17) is 9.47 Å². The Bertz CT molecular complexity index is 463. The summed E-state index contributed by atoms with van der Waals surface area (Å²) in [6.45, 7) is 20.6. The van der Waals surface area contributed by atoms with Crippen LogP contribution in [0.1, 0.15) is 107 Å². The highest BCUT2D eigenvalue weighted by atomic mass is 16.5. The van der Waals surface area contributed by atoms with Gasteiger partial charge in [-0.05, 0) is 63.7 Å². The first-order valence-electron chi connectivity index (χ1n) is 14.0. The molecule has 0 radical (unpaired) electrons. The summed E-state index contributed by atoms with van der Waals surface area (Å²) in [6.07, 6.45) is 8.07. The van der Waals surface area contributed by atoms with Crippen LogP contribution in [-0.2, 0) is 19.1 Å². The SMILES string of the molecule is CCCCN(CCCC)C(C(=O)OCC(C)C)C(C(=O)OCC(C)C)N(CCCC)CCCC. The van der Waals surface area contributed by atoms with Crippen molar-refractivity contribution >= 4 is 11.9 Å². The van der Waals surface area contributed by atoms with Crippen molar-refractivity contribution in [2.75, 3.05) is 39.4 Å². The second-order valence-corrected chi connectivity index (χ2v) is 10.4. The Morgan fingerprint density at radius 3 is 1.03 bits per heavy atom. The predicted molar refractivity (Wildman–Crippen MR) is 142 cm³/mol. The number of hydrogen-bond donors (Lipinski definition) is 0. The number of nitrogens with zero attached hydrogens (tertiary/aromatic N) is 2. The van der Waals surface area contributed by atoms with Gasteiger partial charge in [-0.3, -0.25) is 19.4 Å². The van der Waals surface area contributed by atoms with E-state index in [9.17, 15) is 9.59 Å².